The van der Waals surface area contributed by atoms with E-state index in [4.69, 9.17) is 4.74 Å². The summed E-state index contributed by atoms with van der Waals surface area (Å²) in [6, 6.07) is -4.09. The van der Waals surface area contributed by atoms with Gasteiger partial charge in [0.25, 0.3) is 5.91 Å². The van der Waals surface area contributed by atoms with E-state index in [0.29, 0.717) is 43.8 Å². The van der Waals surface area contributed by atoms with Crippen molar-refractivity contribution in [3.8, 4) is 0 Å². The van der Waals surface area contributed by atoms with Crippen LogP contribution in [0.1, 0.15) is 200 Å². The fourth-order valence-corrected chi connectivity index (χ4v) is 13.0. The standard InChI is InChI=1S/C81H129N15O16/c1-20-49(16)65(77(107)95-68-52(19)112-81(111)64(48(14)15)91-69(99)55(22-3)84-71(101)57(41-53-30-24-23-25-31-53)86-73(103)61(45(8)9)88-76(106)66(50(17)21-2)93-79(68)109)92-70(100)56(32-27-37-83-42-54-35-38-82-39-36-54)85-72(102)58-33-28-40-96(58)80(110)63(47(12)13)90-75(105)62(46(10)11)89-78(108)67(51(18)97)94-74(104)60(44(6)7)87-59(98)34-26-29-43(4)5/h22-25,30-31,35-36,38-39,43-52,56-58,60-68,83,97H,20-21,26-29,32-34,37,40-42H2,1-19H3,(H,84,101)(H,85,102)(H,86,103)(H,87,98)(H,88,106)(H,89,108)(H,90,105)(H,91,99)(H,92,100)(H,93,109)(H,94,104)(H,95,107)/b55-22-/t49-,50-,51+,52+,56-,57-,58+,60+,61+,62-,63+,64-,65+,66+,67-,68+/m0/s1. The van der Waals surface area contributed by atoms with Crippen LogP contribution in [0.15, 0.2) is 66.6 Å². The van der Waals surface area contributed by atoms with Crippen LogP contribution in [0.3, 0.4) is 0 Å². The minimum Gasteiger partial charge on any atom is -0.458 e. The number of hydrogen-bond acceptors (Lipinski definition) is 18. The molecule has 2 aliphatic heterocycles. The van der Waals surface area contributed by atoms with Crippen molar-refractivity contribution in [2.45, 2.75) is 287 Å². The maximum Gasteiger partial charge on any atom is 0.329 e. The Morgan fingerprint density at radius 1 is 0.598 bits per heavy atom. The molecule has 2 saturated heterocycles. The Morgan fingerprint density at radius 2 is 1.16 bits per heavy atom. The van der Waals surface area contributed by atoms with Crippen molar-refractivity contribution in [1.82, 2.24) is 79.0 Å². The van der Waals surface area contributed by atoms with Gasteiger partial charge >= 0.3 is 5.97 Å². The third kappa shape index (κ3) is 29.3. The maximum absolute atomic E-state index is 15.3. The van der Waals surface area contributed by atoms with Gasteiger partial charge in [0, 0.05) is 38.3 Å². The Bertz CT molecular complexity index is 3520. The molecule has 2 aliphatic rings. The number of hydrogen-bond donors (Lipinski definition) is 14. The summed E-state index contributed by atoms with van der Waals surface area (Å²) < 4.78 is 6.01. The molecule has 0 unspecified atom stereocenters. The van der Waals surface area contributed by atoms with Crippen molar-refractivity contribution in [2.75, 3.05) is 13.1 Å². The van der Waals surface area contributed by atoms with Crippen molar-refractivity contribution in [2.24, 2.45) is 47.3 Å². The highest BCUT2D eigenvalue weighted by Crippen LogP contribution is 2.23. The minimum absolute atomic E-state index is 0.0173. The van der Waals surface area contributed by atoms with Crippen LogP contribution in [0.25, 0.3) is 0 Å². The number of likely N-dealkylation sites (tertiary alicyclic amines) is 1. The van der Waals surface area contributed by atoms with Gasteiger partial charge in [0.2, 0.25) is 70.9 Å². The number of aromatic nitrogens is 1. The Hall–Kier alpha value is -9.39. The van der Waals surface area contributed by atoms with Gasteiger partial charge in [0.15, 0.2) is 0 Å². The van der Waals surface area contributed by atoms with Crippen molar-refractivity contribution in [3.63, 3.8) is 0 Å². The average Bonchev–Trinajstić information content (AvgIpc) is 1.39. The highest BCUT2D eigenvalue weighted by Gasteiger charge is 2.45. The number of aliphatic hydroxyl groups excluding tert-OH is 1. The first-order valence-electron chi connectivity index (χ1n) is 39.9. The van der Waals surface area contributed by atoms with E-state index in [2.05, 4.69) is 74.1 Å². The molecule has 624 valence electrons. The van der Waals surface area contributed by atoms with Gasteiger partial charge < -0.3 is 83.9 Å². The van der Waals surface area contributed by atoms with Gasteiger partial charge in [0.05, 0.1) is 6.10 Å². The summed E-state index contributed by atoms with van der Waals surface area (Å²) >= 11 is 0. The number of carbonyl (C=O) groups excluding carboxylic acids is 14. The first-order valence-corrected chi connectivity index (χ1v) is 39.9. The molecule has 4 rings (SSSR count). The number of esters is 1. The number of carbonyl (C=O) groups is 14. The molecular weight excluding hydrogens is 1440 g/mol. The van der Waals surface area contributed by atoms with Crippen LogP contribution in [-0.2, 0) is 84.8 Å². The monoisotopic (exact) mass is 1570 g/mol. The molecule has 2 fully saturated rings. The number of ether oxygens (including phenoxy) is 1. The molecule has 14 N–H and O–H groups in total. The summed E-state index contributed by atoms with van der Waals surface area (Å²) in [6.07, 6.45) is 4.40. The normalized spacial score (nSPS) is 21.9. The molecule has 13 amide bonds. The highest BCUT2D eigenvalue weighted by molar-refractivity contribution is 6.03. The van der Waals surface area contributed by atoms with Crippen molar-refractivity contribution >= 4 is 82.8 Å². The second-order valence-electron chi connectivity index (χ2n) is 31.9. The molecule has 31 nitrogen and oxygen atoms in total. The third-order valence-electron chi connectivity index (χ3n) is 20.5. The fourth-order valence-electron chi connectivity index (χ4n) is 13.0. The Labute approximate surface area is 661 Å². The van der Waals surface area contributed by atoms with Crippen molar-refractivity contribution in [3.05, 3.63) is 77.8 Å². The fraction of sp³-hybridized carbons (Fsp3) is 0.667. The number of aliphatic hydroxyl groups is 1. The molecule has 0 saturated carbocycles. The molecule has 1 aromatic heterocycles. The first kappa shape index (κ1) is 95.0. The van der Waals surface area contributed by atoms with Crippen LogP contribution in [0.5, 0.6) is 0 Å². The van der Waals surface area contributed by atoms with Crippen LogP contribution in [0, 0.1) is 47.3 Å². The number of pyridine rings is 1. The van der Waals surface area contributed by atoms with Crippen molar-refractivity contribution < 1.29 is 77.0 Å². The lowest BCUT2D eigenvalue weighted by Gasteiger charge is -2.34. The number of benzene rings is 1. The van der Waals surface area contributed by atoms with E-state index in [1.165, 1.54) is 31.7 Å². The lowest BCUT2D eigenvalue weighted by molar-refractivity contribution is -0.157. The molecule has 31 heteroatoms. The minimum atomic E-state index is -1.84. The van der Waals surface area contributed by atoms with Gasteiger partial charge in [-0.05, 0) is 130 Å². The van der Waals surface area contributed by atoms with Gasteiger partial charge in [0.1, 0.15) is 84.3 Å². The molecule has 0 aliphatic carbocycles. The second-order valence-corrected chi connectivity index (χ2v) is 31.9. The lowest BCUT2D eigenvalue weighted by Crippen LogP contribution is -2.64. The van der Waals surface area contributed by atoms with Crippen LogP contribution < -0.4 is 69.1 Å². The van der Waals surface area contributed by atoms with E-state index in [1.807, 2.05) is 26.0 Å². The van der Waals surface area contributed by atoms with E-state index < -0.39 is 203 Å². The van der Waals surface area contributed by atoms with E-state index in [0.717, 1.165) is 12.0 Å². The van der Waals surface area contributed by atoms with E-state index in [9.17, 15) is 57.8 Å². The SMILES string of the molecule is C/C=C1\NC(=O)[C@H](Cc2ccccc2)NC(=O)[C@@H](C(C)C)NC(=O)[C@@H]([C@@H](C)CC)NC(=O)[C@H](NC(=O)[C@H](NC(=O)[C@H](CCCNCc2ccncc2)NC(=O)[C@H]2CCCN2C(=O)[C@H](NC(=O)[C@@H](NC(=O)[C@@H](NC(=O)[C@H](NC(=O)CCCC(C)C)C(C)C)[C@@H](C)O)C(C)C)C(C)C)[C@@H](C)CC)[C@@H](C)OC(=O)[C@H](C(C)C)NC1=O. The zero-order chi connectivity index (χ0) is 84.0. The zero-order valence-electron chi connectivity index (χ0n) is 69.1. The molecule has 16 atom stereocenters. The van der Waals surface area contributed by atoms with Gasteiger partial charge in [-0.2, -0.15) is 0 Å². The Balaban J connectivity index is 1.70. The molecular formula is C81H129N15O16. The first-order chi connectivity index (χ1) is 52.8. The number of rotatable bonds is 36. The molecule has 3 heterocycles. The number of nitrogens with one attached hydrogen (secondary N) is 13. The molecule has 0 spiro atoms. The second kappa shape index (κ2) is 46.6. The number of nitrogens with zero attached hydrogens (tertiary/aromatic N) is 2. The smallest absolute Gasteiger partial charge is 0.329 e. The third-order valence-corrected chi connectivity index (χ3v) is 20.5. The lowest BCUT2D eigenvalue weighted by atomic mass is 9.95. The number of cyclic esters (lactones) is 1. The Morgan fingerprint density at radius 3 is 1.72 bits per heavy atom. The van der Waals surface area contributed by atoms with Crippen LogP contribution in [-0.4, -0.2) is 196 Å². The summed E-state index contributed by atoms with van der Waals surface area (Å²) in [5.74, 6) is -15.1. The summed E-state index contributed by atoms with van der Waals surface area (Å²) in [7, 11) is 0. The average molecular weight is 1570 g/mol. The predicted molar refractivity (Wildman–Crippen MR) is 422 cm³/mol. The van der Waals surface area contributed by atoms with Crippen LogP contribution in [0.4, 0.5) is 0 Å². The maximum atomic E-state index is 15.3. The molecule has 0 radical (unpaired) electrons. The van der Waals surface area contributed by atoms with E-state index in [1.54, 1.807) is 140 Å². The quantitative estimate of drug-likeness (QED) is 0.0265. The van der Waals surface area contributed by atoms with E-state index in [-0.39, 0.29) is 56.7 Å². The summed E-state index contributed by atoms with van der Waals surface area (Å²) in [5.41, 5.74) is 1.29. The highest BCUT2D eigenvalue weighted by atomic mass is 16.5. The molecule has 2 aromatic rings. The van der Waals surface area contributed by atoms with Crippen LogP contribution in [0.2, 0.25) is 0 Å². The molecule has 112 heavy (non-hydrogen) atoms. The Kier molecular flexibility index (Phi) is 39.5. The van der Waals surface area contributed by atoms with Crippen LogP contribution >= 0.6 is 0 Å². The molecule has 0 bridgehead atoms. The van der Waals surface area contributed by atoms with Crippen molar-refractivity contribution in [1.29, 1.82) is 0 Å². The zero-order valence-corrected chi connectivity index (χ0v) is 69.1. The summed E-state index contributed by atoms with van der Waals surface area (Å²) in [5, 5.41) is 46.9. The number of allylic oxidation sites excluding steroid dienone is 1. The number of amides is 13. The van der Waals surface area contributed by atoms with E-state index >= 15 is 14.4 Å². The predicted octanol–water partition coefficient (Wildman–Crippen LogP) is 3.06. The summed E-state index contributed by atoms with van der Waals surface area (Å²) in [4.78, 5) is 208. The topological polar surface area (TPSA) is 441 Å². The van der Waals surface area contributed by atoms with Gasteiger partial charge in [-0.3, -0.25) is 67.3 Å². The molecule has 1 aromatic carbocycles. The van der Waals surface area contributed by atoms with Gasteiger partial charge in [-0.25, -0.2) is 4.79 Å². The summed E-state index contributed by atoms with van der Waals surface area (Å²) in [6.45, 7) is 32.6. The largest absolute Gasteiger partial charge is 0.458 e. The van der Waals surface area contributed by atoms with Gasteiger partial charge in [-0.15, -0.1) is 0 Å². The van der Waals surface area contributed by atoms with Gasteiger partial charge in [-0.1, -0.05) is 166 Å².